The van der Waals surface area contributed by atoms with Gasteiger partial charge in [0.2, 0.25) is 0 Å². The van der Waals surface area contributed by atoms with Crippen LogP contribution in [0.3, 0.4) is 0 Å². The third-order valence-electron chi connectivity index (χ3n) is 3.36. The highest BCUT2D eigenvalue weighted by Crippen LogP contribution is 2.39. The molecule has 1 nitrogen and oxygen atoms in total. The largest absolute Gasteiger partial charge is 0.321 e. The molecule has 13 heavy (non-hydrogen) atoms. The lowest BCUT2D eigenvalue weighted by Gasteiger charge is -2.29. The van der Waals surface area contributed by atoms with Crippen molar-refractivity contribution in [1.82, 2.24) is 0 Å². The van der Waals surface area contributed by atoms with Gasteiger partial charge in [-0.1, -0.05) is 38.1 Å². The van der Waals surface area contributed by atoms with Crippen molar-refractivity contribution < 1.29 is 0 Å². The average molecular weight is 175 g/mol. The molecule has 70 valence electrons. The van der Waals surface area contributed by atoms with Crippen LogP contribution >= 0.6 is 0 Å². The molecule has 1 aliphatic rings. The van der Waals surface area contributed by atoms with Crippen LogP contribution in [0.5, 0.6) is 0 Å². The fraction of sp³-hybridized carbons (Fsp3) is 0.500. The highest BCUT2D eigenvalue weighted by Gasteiger charge is 2.36. The maximum Gasteiger partial charge on any atom is 0.0438 e. The summed E-state index contributed by atoms with van der Waals surface area (Å²) in [5.74, 6) is 0.524. The third-order valence-corrected chi connectivity index (χ3v) is 3.36. The summed E-state index contributed by atoms with van der Waals surface area (Å²) < 4.78 is 0. The first kappa shape index (κ1) is 8.76. The highest BCUT2D eigenvalue weighted by molar-refractivity contribution is 5.38. The Bertz CT molecular complexity index is 317. The predicted molar refractivity (Wildman–Crippen MR) is 55.5 cm³/mol. The molecule has 0 bridgehead atoms. The number of nitrogens with two attached hydrogens (primary N) is 1. The molecule has 1 heteroatoms. The molecule has 0 heterocycles. The van der Waals surface area contributed by atoms with Crippen LogP contribution in [0, 0.1) is 5.92 Å². The number of aryl methyl sites for hydroxylation is 1. The molecule has 0 radical (unpaired) electrons. The van der Waals surface area contributed by atoms with E-state index in [4.69, 9.17) is 5.73 Å². The lowest BCUT2D eigenvalue weighted by Crippen LogP contribution is -2.39. The highest BCUT2D eigenvalue weighted by atomic mass is 14.8. The molecule has 0 saturated heterocycles. The summed E-state index contributed by atoms with van der Waals surface area (Å²) in [4.78, 5) is 0. The maximum absolute atomic E-state index is 6.41. The van der Waals surface area contributed by atoms with E-state index >= 15 is 0 Å². The molecule has 0 amide bonds. The second kappa shape index (κ2) is 2.85. The van der Waals surface area contributed by atoms with Crippen LogP contribution in [0.2, 0.25) is 0 Å². The van der Waals surface area contributed by atoms with E-state index in [1.54, 1.807) is 0 Å². The van der Waals surface area contributed by atoms with Gasteiger partial charge in [-0.05, 0) is 29.9 Å². The van der Waals surface area contributed by atoms with Crippen molar-refractivity contribution in [1.29, 1.82) is 0 Å². The Labute approximate surface area is 80.0 Å². The van der Waals surface area contributed by atoms with E-state index in [1.807, 2.05) is 0 Å². The molecular formula is C12H17N. The van der Waals surface area contributed by atoms with Gasteiger partial charge in [0.25, 0.3) is 0 Å². The predicted octanol–water partition coefficient (Wildman–Crippen LogP) is 2.44. The van der Waals surface area contributed by atoms with Crippen LogP contribution in [-0.2, 0) is 12.0 Å². The Morgan fingerprint density at radius 3 is 2.69 bits per heavy atom. The summed E-state index contributed by atoms with van der Waals surface area (Å²) >= 11 is 0. The molecule has 0 fully saturated rings. The Balaban J connectivity index is 2.49. The SMILES string of the molecule is CC(C)C1(N)CCc2ccccc21. The van der Waals surface area contributed by atoms with Crippen LogP contribution in [-0.4, -0.2) is 0 Å². The topological polar surface area (TPSA) is 26.0 Å². The third kappa shape index (κ3) is 1.19. The quantitative estimate of drug-likeness (QED) is 0.697. The van der Waals surface area contributed by atoms with Crippen molar-refractivity contribution in [3.05, 3.63) is 35.4 Å². The molecule has 1 aromatic rings. The molecule has 1 aliphatic carbocycles. The first-order valence-electron chi connectivity index (χ1n) is 5.02. The van der Waals surface area contributed by atoms with Crippen LogP contribution in [0.1, 0.15) is 31.4 Å². The van der Waals surface area contributed by atoms with Crippen molar-refractivity contribution in [2.24, 2.45) is 11.7 Å². The van der Waals surface area contributed by atoms with E-state index < -0.39 is 0 Å². The summed E-state index contributed by atoms with van der Waals surface area (Å²) in [5, 5.41) is 0. The van der Waals surface area contributed by atoms with Crippen LogP contribution in [0.15, 0.2) is 24.3 Å². The van der Waals surface area contributed by atoms with E-state index in [-0.39, 0.29) is 5.54 Å². The van der Waals surface area contributed by atoms with E-state index in [0.717, 1.165) is 12.8 Å². The summed E-state index contributed by atoms with van der Waals surface area (Å²) in [7, 11) is 0. The molecule has 0 spiro atoms. The molecule has 1 atom stereocenters. The second-order valence-electron chi connectivity index (χ2n) is 4.35. The Kier molecular flexibility index (Phi) is 1.92. The van der Waals surface area contributed by atoms with Gasteiger partial charge in [0.15, 0.2) is 0 Å². The Hall–Kier alpha value is -0.820. The Morgan fingerprint density at radius 2 is 2.00 bits per heavy atom. The molecule has 1 aromatic carbocycles. The zero-order valence-electron chi connectivity index (χ0n) is 8.38. The van der Waals surface area contributed by atoms with Gasteiger partial charge >= 0.3 is 0 Å². The van der Waals surface area contributed by atoms with Crippen LogP contribution in [0.25, 0.3) is 0 Å². The van der Waals surface area contributed by atoms with Crippen molar-refractivity contribution >= 4 is 0 Å². The molecule has 2 N–H and O–H groups in total. The molecule has 0 aromatic heterocycles. The minimum atomic E-state index is -0.0728. The lowest BCUT2D eigenvalue weighted by atomic mass is 9.82. The van der Waals surface area contributed by atoms with Gasteiger partial charge in [-0.25, -0.2) is 0 Å². The maximum atomic E-state index is 6.41. The van der Waals surface area contributed by atoms with Gasteiger partial charge < -0.3 is 5.73 Å². The molecule has 1 unspecified atom stereocenters. The normalized spacial score (nSPS) is 26.5. The first-order valence-corrected chi connectivity index (χ1v) is 5.02. The summed E-state index contributed by atoms with van der Waals surface area (Å²) in [6, 6.07) is 8.58. The zero-order valence-corrected chi connectivity index (χ0v) is 8.38. The minimum Gasteiger partial charge on any atom is -0.321 e. The van der Waals surface area contributed by atoms with Gasteiger partial charge in [-0.15, -0.1) is 0 Å². The summed E-state index contributed by atoms with van der Waals surface area (Å²) in [6.45, 7) is 4.42. The number of hydrogen-bond acceptors (Lipinski definition) is 1. The standard InChI is InChI=1S/C12H17N/c1-9(2)12(13)8-7-10-5-3-4-6-11(10)12/h3-6,9H,7-8,13H2,1-2H3. The fourth-order valence-electron chi connectivity index (χ4n) is 2.27. The summed E-state index contributed by atoms with van der Waals surface area (Å²) in [6.07, 6.45) is 2.24. The number of rotatable bonds is 1. The van der Waals surface area contributed by atoms with Crippen molar-refractivity contribution in [3.63, 3.8) is 0 Å². The second-order valence-corrected chi connectivity index (χ2v) is 4.35. The van der Waals surface area contributed by atoms with Gasteiger partial charge in [-0.3, -0.25) is 0 Å². The Morgan fingerprint density at radius 1 is 1.31 bits per heavy atom. The van der Waals surface area contributed by atoms with Crippen LogP contribution in [0.4, 0.5) is 0 Å². The zero-order chi connectivity index (χ0) is 9.47. The van der Waals surface area contributed by atoms with Crippen molar-refractivity contribution in [3.8, 4) is 0 Å². The number of hydrogen-bond donors (Lipinski definition) is 1. The lowest BCUT2D eigenvalue weighted by molar-refractivity contribution is 0.316. The van der Waals surface area contributed by atoms with Gasteiger partial charge in [0.1, 0.15) is 0 Å². The van der Waals surface area contributed by atoms with Gasteiger partial charge in [0, 0.05) is 5.54 Å². The van der Waals surface area contributed by atoms with Crippen LogP contribution < -0.4 is 5.73 Å². The van der Waals surface area contributed by atoms with E-state index in [0.29, 0.717) is 5.92 Å². The van der Waals surface area contributed by atoms with E-state index in [9.17, 15) is 0 Å². The number of benzene rings is 1. The number of fused-ring (bicyclic) bond motifs is 1. The first-order chi connectivity index (χ1) is 6.14. The molecule has 0 aliphatic heterocycles. The monoisotopic (exact) mass is 175 g/mol. The molecular weight excluding hydrogens is 158 g/mol. The van der Waals surface area contributed by atoms with Crippen molar-refractivity contribution in [2.75, 3.05) is 0 Å². The fourth-order valence-corrected chi connectivity index (χ4v) is 2.27. The average Bonchev–Trinajstić information content (AvgIpc) is 2.47. The van der Waals surface area contributed by atoms with Gasteiger partial charge in [0.05, 0.1) is 0 Å². The van der Waals surface area contributed by atoms with Gasteiger partial charge in [-0.2, -0.15) is 0 Å². The smallest absolute Gasteiger partial charge is 0.0438 e. The van der Waals surface area contributed by atoms with Crippen molar-refractivity contribution in [2.45, 2.75) is 32.2 Å². The molecule has 2 rings (SSSR count). The van der Waals surface area contributed by atoms with E-state index in [1.165, 1.54) is 11.1 Å². The minimum absolute atomic E-state index is 0.0728. The van der Waals surface area contributed by atoms with E-state index in [2.05, 4.69) is 38.1 Å². The molecule has 0 saturated carbocycles. The summed E-state index contributed by atoms with van der Waals surface area (Å²) in [5.41, 5.74) is 9.15.